The monoisotopic (exact) mass is 396 g/mol. The number of sulfone groups is 1. The van der Waals surface area contributed by atoms with E-state index >= 15 is 0 Å². The van der Waals surface area contributed by atoms with Crippen LogP contribution in [0, 0.1) is 0 Å². The number of anilines is 1. The second kappa shape index (κ2) is 8.58. The third kappa shape index (κ3) is 4.69. The van der Waals surface area contributed by atoms with Crippen LogP contribution in [-0.2, 0) is 16.4 Å². The normalized spacial score (nSPS) is 10.9. The van der Waals surface area contributed by atoms with E-state index in [2.05, 4.69) is 10.6 Å². The molecule has 0 fully saturated rings. The van der Waals surface area contributed by atoms with Crippen LogP contribution >= 0.6 is 0 Å². The summed E-state index contributed by atoms with van der Waals surface area (Å²) in [6, 6.07) is 21.3. The Hall–Kier alpha value is -3.32. The van der Waals surface area contributed by atoms with Gasteiger partial charge in [-0.2, -0.15) is 0 Å². The van der Waals surface area contributed by atoms with Crippen LogP contribution in [0.1, 0.15) is 5.56 Å². The maximum absolute atomic E-state index is 12.6. The Balaban J connectivity index is 1.60. The van der Waals surface area contributed by atoms with Gasteiger partial charge in [-0.15, -0.1) is 0 Å². The average molecular weight is 396 g/mol. The van der Waals surface area contributed by atoms with Gasteiger partial charge in [0.25, 0.3) is 0 Å². The topological polar surface area (TPSA) is 84.5 Å². The number of rotatable bonds is 6. The van der Waals surface area contributed by atoms with Crippen molar-refractivity contribution in [3.05, 3.63) is 84.4 Å². The lowest BCUT2D eigenvalue weighted by molar-refractivity contribution is 0.251. The van der Waals surface area contributed by atoms with Gasteiger partial charge in [0, 0.05) is 12.2 Å². The van der Waals surface area contributed by atoms with E-state index in [-0.39, 0.29) is 15.8 Å². The Kier molecular flexibility index (Phi) is 5.96. The average Bonchev–Trinajstić information content (AvgIpc) is 2.73. The summed E-state index contributed by atoms with van der Waals surface area (Å²) in [5, 5.41) is 5.43. The molecule has 0 aliphatic carbocycles. The minimum Gasteiger partial charge on any atom is -0.497 e. The van der Waals surface area contributed by atoms with Crippen LogP contribution < -0.4 is 15.4 Å². The van der Waals surface area contributed by atoms with Crippen LogP contribution in [0.3, 0.4) is 0 Å². The largest absolute Gasteiger partial charge is 0.497 e. The van der Waals surface area contributed by atoms with Crippen molar-refractivity contribution >= 4 is 21.6 Å². The molecule has 0 atom stereocenters. The van der Waals surface area contributed by atoms with E-state index in [1.54, 1.807) is 49.6 Å². The van der Waals surface area contributed by atoms with Crippen LogP contribution in [0.2, 0.25) is 0 Å². The van der Waals surface area contributed by atoms with Gasteiger partial charge in [0.1, 0.15) is 5.75 Å². The number of carbonyl (C=O) groups excluding carboxylic acids is 1. The van der Waals surface area contributed by atoms with E-state index in [0.717, 1.165) is 11.3 Å². The fourth-order valence-corrected chi connectivity index (χ4v) is 3.84. The second-order valence-corrected chi connectivity index (χ2v) is 7.95. The first-order valence-electron chi connectivity index (χ1n) is 8.57. The van der Waals surface area contributed by atoms with Gasteiger partial charge < -0.3 is 15.4 Å². The molecule has 28 heavy (non-hydrogen) atoms. The van der Waals surface area contributed by atoms with E-state index in [0.29, 0.717) is 12.2 Å². The van der Waals surface area contributed by atoms with Crippen molar-refractivity contribution in [2.45, 2.75) is 16.3 Å². The first-order chi connectivity index (χ1) is 13.5. The molecular formula is C21H20N2O4S. The zero-order valence-electron chi connectivity index (χ0n) is 15.3. The number of urea groups is 1. The van der Waals surface area contributed by atoms with Gasteiger partial charge in [-0.25, -0.2) is 13.2 Å². The number of ether oxygens (including phenoxy) is 1. The van der Waals surface area contributed by atoms with Crippen LogP contribution in [0.15, 0.2) is 88.7 Å². The fraction of sp³-hybridized carbons (Fsp3) is 0.0952. The van der Waals surface area contributed by atoms with E-state index in [9.17, 15) is 13.2 Å². The molecule has 0 bridgehead atoms. The summed E-state index contributed by atoms with van der Waals surface area (Å²) >= 11 is 0. The summed E-state index contributed by atoms with van der Waals surface area (Å²) in [4.78, 5) is 12.4. The number of nitrogens with one attached hydrogen (secondary N) is 2. The van der Waals surface area contributed by atoms with Gasteiger partial charge in [-0.05, 0) is 54.1 Å². The number of benzene rings is 3. The molecule has 144 valence electrons. The summed E-state index contributed by atoms with van der Waals surface area (Å²) in [6.07, 6.45) is 0. The smallest absolute Gasteiger partial charge is 0.319 e. The van der Waals surface area contributed by atoms with E-state index in [1.807, 2.05) is 24.3 Å². The summed E-state index contributed by atoms with van der Waals surface area (Å²) in [5.74, 6) is 0.749. The molecular weight excluding hydrogens is 376 g/mol. The first kappa shape index (κ1) is 19.4. The maximum Gasteiger partial charge on any atom is 0.319 e. The molecule has 2 amide bonds. The Bertz CT molecular complexity index is 1030. The molecule has 0 unspecified atom stereocenters. The third-order valence-electron chi connectivity index (χ3n) is 4.09. The lowest BCUT2D eigenvalue weighted by atomic mass is 10.2. The van der Waals surface area contributed by atoms with E-state index < -0.39 is 9.84 Å². The number of amides is 2. The third-order valence-corrected chi connectivity index (χ3v) is 5.87. The highest BCUT2D eigenvalue weighted by Crippen LogP contribution is 2.22. The lowest BCUT2D eigenvalue weighted by Gasteiger charge is -2.09. The van der Waals surface area contributed by atoms with Gasteiger partial charge in [0.05, 0.1) is 16.9 Å². The quantitative estimate of drug-likeness (QED) is 0.663. The van der Waals surface area contributed by atoms with Crippen molar-refractivity contribution in [3.63, 3.8) is 0 Å². The Morgan fingerprint density at radius 1 is 0.857 bits per heavy atom. The summed E-state index contributed by atoms with van der Waals surface area (Å²) in [6.45, 7) is 0.357. The van der Waals surface area contributed by atoms with Crippen molar-refractivity contribution < 1.29 is 17.9 Å². The SMILES string of the molecule is COc1ccc(CNC(=O)Nc2ccc(S(=O)(=O)c3ccccc3)cc2)cc1. The van der Waals surface area contributed by atoms with Gasteiger partial charge in [-0.1, -0.05) is 30.3 Å². The molecule has 7 heteroatoms. The number of carbonyl (C=O) groups is 1. The maximum atomic E-state index is 12.6. The Labute approximate surface area is 164 Å². The minimum atomic E-state index is -3.57. The molecule has 3 aromatic carbocycles. The highest BCUT2D eigenvalue weighted by Gasteiger charge is 2.16. The standard InChI is InChI=1S/C21H20N2O4S/c1-27-18-11-7-16(8-12-18)15-22-21(24)23-17-9-13-20(14-10-17)28(25,26)19-5-3-2-4-6-19/h2-14H,15H2,1H3,(H2,22,23,24). The molecule has 0 radical (unpaired) electrons. The Morgan fingerprint density at radius 3 is 2.07 bits per heavy atom. The minimum absolute atomic E-state index is 0.169. The molecule has 2 N–H and O–H groups in total. The van der Waals surface area contributed by atoms with Crippen molar-refractivity contribution in [3.8, 4) is 5.75 Å². The lowest BCUT2D eigenvalue weighted by Crippen LogP contribution is -2.28. The highest BCUT2D eigenvalue weighted by molar-refractivity contribution is 7.91. The predicted octanol–water partition coefficient (Wildman–Crippen LogP) is 3.85. The van der Waals surface area contributed by atoms with Gasteiger partial charge >= 0.3 is 6.03 Å². The molecule has 3 rings (SSSR count). The number of methoxy groups -OCH3 is 1. The molecule has 6 nitrogen and oxygen atoms in total. The molecule has 0 aliphatic heterocycles. The molecule has 3 aromatic rings. The Morgan fingerprint density at radius 2 is 1.46 bits per heavy atom. The first-order valence-corrected chi connectivity index (χ1v) is 10.1. The van der Waals surface area contributed by atoms with Gasteiger partial charge in [0.2, 0.25) is 9.84 Å². The van der Waals surface area contributed by atoms with Crippen molar-refractivity contribution in [1.29, 1.82) is 0 Å². The fourth-order valence-electron chi connectivity index (χ4n) is 2.55. The van der Waals surface area contributed by atoms with Crippen LogP contribution in [0.5, 0.6) is 5.75 Å². The number of hydrogen-bond donors (Lipinski definition) is 2. The molecule has 0 saturated heterocycles. The van der Waals surface area contributed by atoms with E-state index in [1.165, 1.54) is 12.1 Å². The summed E-state index contributed by atoms with van der Waals surface area (Å²) in [5.41, 5.74) is 1.43. The number of hydrogen-bond acceptors (Lipinski definition) is 4. The molecule has 0 heterocycles. The second-order valence-electron chi connectivity index (χ2n) is 6.00. The molecule has 0 saturated carbocycles. The highest BCUT2D eigenvalue weighted by atomic mass is 32.2. The van der Waals surface area contributed by atoms with Crippen LogP contribution in [-0.4, -0.2) is 21.6 Å². The molecule has 0 spiro atoms. The van der Waals surface area contributed by atoms with Gasteiger partial charge in [-0.3, -0.25) is 0 Å². The zero-order chi connectivity index (χ0) is 20.0. The summed E-state index contributed by atoms with van der Waals surface area (Å²) in [7, 11) is -1.98. The van der Waals surface area contributed by atoms with Crippen LogP contribution in [0.25, 0.3) is 0 Å². The van der Waals surface area contributed by atoms with Crippen molar-refractivity contribution in [2.24, 2.45) is 0 Å². The van der Waals surface area contributed by atoms with Crippen molar-refractivity contribution in [2.75, 3.05) is 12.4 Å². The van der Waals surface area contributed by atoms with Crippen LogP contribution in [0.4, 0.5) is 10.5 Å². The predicted molar refractivity (Wildman–Crippen MR) is 107 cm³/mol. The van der Waals surface area contributed by atoms with Gasteiger partial charge in [0.15, 0.2) is 0 Å². The van der Waals surface area contributed by atoms with E-state index in [4.69, 9.17) is 4.74 Å². The zero-order valence-corrected chi connectivity index (χ0v) is 16.1. The van der Waals surface area contributed by atoms with Crippen molar-refractivity contribution in [1.82, 2.24) is 5.32 Å². The molecule has 0 aromatic heterocycles. The molecule has 0 aliphatic rings. The summed E-state index contributed by atoms with van der Waals surface area (Å²) < 4.78 is 30.2.